The second kappa shape index (κ2) is 9.07. The maximum atomic E-state index is 12.6. The summed E-state index contributed by atoms with van der Waals surface area (Å²) < 4.78 is 5.28. The quantitative estimate of drug-likeness (QED) is 0.754. The predicted octanol–water partition coefficient (Wildman–Crippen LogP) is 3.25. The standard InChI is InChI=1S/C21H20ClN3O4S/c22-14-4-5-17-16(11-14)24-20(27)18(30-17)12-19(26)23-15-3-1-2-13(10-15)21(28)25-6-8-29-9-7-25/h1-5,10-11,18H,6-9,12H2,(H,23,26)(H,24,27). The van der Waals surface area contributed by atoms with E-state index in [0.717, 1.165) is 4.90 Å². The summed E-state index contributed by atoms with van der Waals surface area (Å²) in [6.45, 7) is 2.16. The molecule has 7 nitrogen and oxygen atoms in total. The van der Waals surface area contributed by atoms with Gasteiger partial charge in [-0.3, -0.25) is 14.4 Å². The number of hydrogen-bond donors (Lipinski definition) is 2. The lowest BCUT2D eigenvalue weighted by Gasteiger charge is -2.27. The van der Waals surface area contributed by atoms with E-state index in [0.29, 0.717) is 48.3 Å². The van der Waals surface area contributed by atoms with Crippen molar-refractivity contribution in [1.82, 2.24) is 4.90 Å². The van der Waals surface area contributed by atoms with Crippen molar-refractivity contribution in [2.75, 3.05) is 36.9 Å². The number of halogens is 1. The summed E-state index contributed by atoms with van der Waals surface area (Å²) in [6, 6.07) is 12.1. The molecule has 4 rings (SSSR count). The second-order valence-corrected chi connectivity index (χ2v) is 8.65. The SMILES string of the molecule is O=C(CC1Sc2ccc(Cl)cc2NC1=O)Nc1cccc(C(=O)N2CCOCC2)c1. The Balaban J connectivity index is 1.39. The van der Waals surface area contributed by atoms with Crippen molar-refractivity contribution in [3.05, 3.63) is 53.1 Å². The van der Waals surface area contributed by atoms with Gasteiger partial charge in [-0.15, -0.1) is 11.8 Å². The van der Waals surface area contributed by atoms with E-state index >= 15 is 0 Å². The molecule has 2 N–H and O–H groups in total. The van der Waals surface area contributed by atoms with Crippen LogP contribution in [0.4, 0.5) is 11.4 Å². The molecule has 2 aliphatic rings. The van der Waals surface area contributed by atoms with Crippen molar-refractivity contribution in [3.63, 3.8) is 0 Å². The lowest BCUT2D eigenvalue weighted by atomic mass is 10.1. The average Bonchev–Trinajstić information content (AvgIpc) is 2.74. The van der Waals surface area contributed by atoms with Gasteiger partial charge in [0.15, 0.2) is 0 Å². The van der Waals surface area contributed by atoms with E-state index in [4.69, 9.17) is 16.3 Å². The normalized spacial score (nSPS) is 18.4. The lowest BCUT2D eigenvalue weighted by Crippen LogP contribution is -2.40. The fourth-order valence-electron chi connectivity index (χ4n) is 3.32. The van der Waals surface area contributed by atoms with Crippen LogP contribution in [0.15, 0.2) is 47.4 Å². The van der Waals surface area contributed by atoms with Crippen LogP contribution >= 0.6 is 23.4 Å². The summed E-state index contributed by atoms with van der Waals surface area (Å²) in [5.74, 6) is -0.621. The molecule has 1 unspecified atom stereocenters. The molecule has 2 aromatic rings. The van der Waals surface area contributed by atoms with Gasteiger partial charge in [-0.05, 0) is 36.4 Å². The molecule has 0 saturated carbocycles. The molecule has 30 heavy (non-hydrogen) atoms. The summed E-state index contributed by atoms with van der Waals surface area (Å²) in [6.07, 6.45) is 0.0141. The number of thioether (sulfide) groups is 1. The molecule has 2 aliphatic heterocycles. The lowest BCUT2D eigenvalue weighted by molar-refractivity contribution is -0.120. The van der Waals surface area contributed by atoms with E-state index < -0.39 is 5.25 Å². The van der Waals surface area contributed by atoms with Crippen molar-refractivity contribution >= 4 is 52.5 Å². The third-order valence-electron chi connectivity index (χ3n) is 4.82. The monoisotopic (exact) mass is 445 g/mol. The maximum absolute atomic E-state index is 12.6. The van der Waals surface area contributed by atoms with Gasteiger partial charge in [0.2, 0.25) is 11.8 Å². The summed E-state index contributed by atoms with van der Waals surface area (Å²) in [4.78, 5) is 40.1. The fraction of sp³-hybridized carbons (Fsp3) is 0.286. The van der Waals surface area contributed by atoms with E-state index in [1.807, 2.05) is 6.07 Å². The first-order chi connectivity index (χ1) is 14.5. The van der Waals surface area contributed by atoms with Gasteiger partial charge in [-0.2, -0.15) is 0 Å². The summed E-state index contributed by atoms with van der Waals surface area (Å²) in [5, 5.41) is 5.58. The van der Waals surface area contributed by atoms with E-state index in [1.165, 1.54) is 11.8 Å². The fourth-order valence-corrected chi connectivity index (χ4v) is 4.58. The number of hydrogen-bond acceptors (Lipinski definition) is 5. The Labute approximate surface area is 183 Å². The molecule has 9 heteroatoms. The Bertz CT molecular complexity index is 994. The highest BCUT2D eigenvalue weighted by Gasteiger charge is 2.29. The Morgan fingerprint density at radius 2 is 2.00 bits per heavy atom. The molecule has 1 fully saturated rings. The van der Waals surface area contributed by atoms with Gasteiger partial charge < -0.3 is 20.3 Å². The number of carbonyl (C=O) groups excluding carboxylic acids is 3. The van der Waals surface area contributed by atoms with Gasteiger partial charge in [0.1, 0.15) is 0 Å². The second-order valence-electron chi connectivity index (χ2n) is 6.97. The van der Waals surface area contributed by atoms with E-state index in [2.05, 4.69) is 10.6 Å². The summed E-state index contributed by atoms with van der Waals surface area (Å²) in [7, 11) is 0. The molecule has 0 bridgehead atoms. The Hall–Kier alpha value is -2.55. The molecule has 3 amide bonds. The number of rotatable bonds is 4. The first-order valence-electron chi connectivity index (χ1n) is 9.53. The minimum Gasteiger partial charge on any atom is -0.378 e. The molecule has 0 spiro atoms. The molecule has 1 atom stereocenters. The number of ether oxygens (including phenoxy) is 1. The largest absolute Gasteiger partial charge is 0.378 e. The first-order valence-corrected chi connectivity index (χ1v) is 10.8. The average molecular weight is 446 g/mol. The zero-order chi connectivity index (χ0) is 21.1. The molecular formula is C21H20ClN3O4S. The number of morpholine rings is 1. The van der Waals surface area contributed by atoms with E-state index in [-0.39, 0.29) is 24.1 Å². The van der Waals surface area contributed by atoms with Crippen LogP contribution in [0.1, 0.15) is 16.8 Å². The van der Waals surface area contributed by atoms with Crippen LogP contribution in [-0.2, 0) is 14.3 Å². The maximum Gasteiger partial charge on any atom is 0.254 e. The molecule has 0 aliphatic carbocycles. The third kappa shape index (κ3) is 4.77. The topological polar surface area (TPSA) is 87.7 Å². The summed E-state index contributed by atoms with van der Waals surface area (Å²) in [5.41, 5.74) is 1.68. The van der Waals surface area contributed by atoms with Crippen molar-refractivity contribution < 1.29 is 19.1 Å². The van der Waals surface area contributed by atoms with Crippen LogP contribution in [0, 0.1) is 0 Å². The minimum absolute atomic E-state index is 0.0141. The van der Waals surface area contributed by atoms with Gasteiger partial charge in [0.05, 0.1) is 24.2 Å². The Kier molecular flexibility index (Phi) is 6.26. The van der Waals surface area contributed by atoms with Gasteiger partial charge >= 0.3 is 0 Å². The van der Waals surface area contributed by atoms with Gasteiger partial charge in [-0.1, -0.05) is 17.7 Å². The number of amides is 3. The molecule has 0 radical (unpaired) electrons. The third-order valence-corrected chi connectivity index (χ3v) is 6.33. The molecule has 2 heterocycles. The van der Waals surface area contributed by atoms with E-state index in [1.54, 1.807) is 41.3 Å². The van der Waals surface area contributed by atoms with Gasteiger partial charge in [-0.25, -0.2) is 0 Å². The number of nitrogens with zero attached hydrogens (tertiary/aromatic N) is 1. The van der Waals surface area contributed by atoms with Crippen molar-refractivity contribution in [2.24, 2.45) is 0 Å². The smallest absolute Gasteiger partial charge is 0.254 e. The first kappa shape index (κ1) is 20.7. The molecule has 2 aromatic carbocycles. The van der Waals surface area contributed by atoms with Crippen molar-refractivity contribution in [1.29, 1.82) is 0 Å². The van der Waals surface area contributed by atoms with Crippen LogP contribution in [0.2, 0.25) is 5.02 Å². The Morgan fingerprint density at radius 1 is 1.20 bits per heavy atom. The number of benzene rings is 2. The molecular weight excluding hydrogens is 426 g/mol. The van der Waals surface area contributed by atoms with Crippen molar-refractivity contribution in [2.45, 2.75) is 16.6 Å². The zero-order valence-corrected chi connectivity index (χ0v) is 17.6. The molecule has 1 saturated heterocycles. The van der Waals surface area contributed by atoms with Gasteiger partial charge in [0, 0.05) is 40.7 Å². The van der Waals surface area contributed by atoms with Crippen LogP contribution in [-0.4, -0.2) is 54.2 Å². The number of nitrogens with one attached hydrogen (secondary N) is 2. The van der Waals surface area contributed by atoms with E-state index in [9.17, 15) is 14.4 Å². The number of carbonyl (C=O) groups is 3. The number of anilines is 2. The molecule has 156 valence electrons. The highest BCUT2D eigenvalue weighted by Crippen LogP contribution is 2.38. The highest BCUT2D eigenvalue weighted by molar-refractivity contribution is 8.01. The zero-order valence-electron chi connectivity index (χ0n) is 16.0. The van der Waals surface area contributed by atoms with Gasteiger partial charge in [0.25, 0.3) is 5.91 Å². The van der Waals surface area contributed by atoms with Crippen LogP contribution in [0.25, 0.3) is 0 Å². The van der Waals surface area contributed by atoms with Crippen LogP contribution < -0.4 is 10.6 Å². The minimum atomic E-state index is -0.545. The summed E-state index contributed by atoms with van der Waals surface area (Å²) >= 11 is 7.30. The van der Waals surface area contributed by atoms with Crippen LogP contribution in [0.5, 0.6) is 0 Å². The number of fused-ring (bicyclic) bond motifs is 1. The highest BCUT2D eigenvalue weighted by atomic mass is 35.5. The van der Waals surface area contributed by atoms with Crippen LogP contribution in [0.3, 0.4) is 0 Å². The predicted molar refractivity (Wildman–Crippen MR) is 116 cm³/mol. The van der Waals surface area contributed by atoms with Crippen molar-refractivity contribution in [3.8, 4) is 0 Å². The Morgan fingerprint density at radius 3 is 2.80 bits per heavy atom. The molecule has 0 aromatic heterocycles.